The fourth-order valence-electron chi connectivity index (χ4n) is 2.10. The third kappa shape index (κ3) is 6.39. The van der Waals surface area contributed by atoms with Crippen LogP contribution in [-0.4, -0.2) is 34.6 Å². The molecule has 6 nitrogen and oxygen atoms in total. The van der Waals surface area contributed by atoms with Gasteiger partial charge >= 0.3 is 11.9 Å². The van der Waals surface area contributed by atoms with Crippen LogP contribution >= 0.6 is 0 Å². The molecule has 0 unspecified atom stereocenters. The molecule has 0 fully saturated rings. The lowest BCUT2D eigenvalue weighted by molar-refractivity contribution is -0.137. The van der Waals surface area contributed by atoms with Crippen LogP contribution in [0.3, 0.4) is 0 Å². The first-order chi connectivity index (χ1) is 10.5. The van der Waals surface area contributed by atoms with Gasteiger partial charge in [0.25, 0.3) is 5.91 Å². The number of hydrogen-bond donors (Lipinski definition) is 3. The molecular formula is C16H23NO5. The van der Waals surface area contributed by atoms with E-state index in [0.29, 0.717) is 13.0 Å². The number of carboxylic acids is 2. The highest BCUT2D eigenvalue weighted by molar-refractivity contribution is 6.04. The number of unbranched alkanes of at least 4 members (excludes halogenated alkanes) is 4. The second kappa shape index (κ2) is 9.55. The molecule has 0 aliphatic carbocycles. The fourth-order valence-corrected chi connectivity index (χ4v) is 2.10. The zero-order valence-corrected chi connectivity index (χ0v) is 12.4. The molecule has 0 aliphatic heterocycles. The first-order valence-electron chi connectivity index (χ1n) is 7.34. The van der Waals surface area contributed by atoms with Gasteiger partial charge < -0.3 is 15.5 Å². The van der Waals surface area contributed by atoms with E-state index >= 15 is 0 Å². The Labute approximate surface area is 130 Å². The molecule has 122 valence electrons. The van der Waals surface area contributed by atoms with E-state index in [1.807, 2.05) is 0 Å². The number of nitrogens with one attached hydrogen (secondary N) is 1. The minimum absolute atomic E-state index is 0. The van der Waals surface area contributed by atoms with Gasteiger partial charge in [0, 0.05) is 14.4 Å². The van der Waals surface area contributed by atoms with Gasteiger partial charge in [0.05, 0.1) is 11.1 Å². The van der Waals surface area contributed by atoms with Crippen molar-refractivity contribution in [3.8, 4) is 0 Å². The Morgan fingerprint density at radius 1 is 0.909 bits per heavy atom. The third-order valence-corrected chi connectivity index (χ3v) is 3.26. The van der Waals surface area contributed by atoms with Crippen molar-refractivity contribution < 1.29 is 26.0 Å². The number of hydrogen-bond acceptors (Lipinski definition) is 3. The number of rotatable bonds is 10. The molecule has 1 rings (SSSR count). The number of carbonyl (C=O) groups excluding carboxylic acids is 1. The second-order valence-corrected chi connectivity index (χ2v) is 5.02. The predicted octanol–water partition coefficient (Wildman–Crippen LogP) is 2.79. The summed E-state index contributed by atoms with van der Waals surface area (Å²) in [4.78, 5) is 33.3. The average Bonchev–Trinajstić information content (AvgIpc) is 2.49. The van der Waals surface area contributed by atoms with Crippen LogP contribution in [-0.2, 0) is 4.79 Å². The minimum atomic E-state index is -1.12. The molecule has 3 N–H and O–H groups in total. The SMILES string of the molecule is O=C(O)CCCCCCCNC(=O)c1ccccc1C(=O)O.[HH]. The number of carboxylic acid groups (broad SMARTS) is 2. The van der Waals surface area contributed by atoms with E-state index in [2.05, 4.69) is 5.32 Å². The van der Waals surface area contributed by atoms with E-state index in [4.69, 9.17) is 10.2 Å². The van der Waals surface area contributed by atoms with Crippen molar-refractivity contribution in [2.24, 2.45) is 0 Å². The summed E-state index contributed by atoms with van der Waals surface area (Å²) >= 11 is 0. The van der Waals surface area contributed by atoms with Gasteiger partial charge in [0.2, 0.25) is 0 Å². The molecule has 0 spiro atoms. The molecule has 0 saturated carbocycles. The molecule has 0 atom stereocenters. The lowest BCUT2D eigenvalue weighted by Crippen LogP contribution is -2.26. The first kappa shape index (κ1) is 17.7. The Morgan fingerprint density at radius 3 is 2.14 bits per heavy atom. The summed E-state index contributed by atoms with van der Waals surface area (Å²) in [6.07, 6.45) is 4.35. The fraction of sp³-hybridized carbons (Fsp3) is 0.438. The lowest BCUT2D eigenvalue weighted by Gasteiger charge is -2.07. The van der Waals surface area contributed by atoms with E-state index in [-0.39, 0.29) is 24.9 Å². The van der Waals surface area contributed by atoms with Crippen molar-refractivity contribution in [3.63, 3.8) is 0 Å². The molecule has 0 heterocycles. The quantitative estimate of drug-likeness (QED) is 0.577. The van der Waals surface area contributed by atoms with Gasteiger partial charge in [0.15, 0.2) is 0 Å². The van der Waals surface area contributed by atoms with Crippen LogP contribution in [0.15, 0.2) is 24.3 Å². The molecule has 0 saturated heterocycles. The Morgan fingerprint density at radius 2 is 1.50 bits per heavy atom. The summed E-state index contributed by atoms with van der Waals surface area (Å²) in [6.45, 7) is 0.478. The summed E-state index contributed by atoms with van der Waals surface area (Å²) in [5.74, 6) is -2.28. The van der Waals surface area contributed by atoms with Crippen LogP contribution in [0.25, 0.3) is 0 Å². The summed E-state index contributed by atoms with van der Waals surface area (Å²) in [6, 6.07) is 6.10. The van der Waals surface area contributed by atoms with E-state index < -0.39 is 11.9 Å². The van der Waals surface area contributed by atoms with Crippen LogP contribution in [0.2, 0.25) is 0 Å². The predicted molar refractivity (Wildman–Crippen MR) is 83.2 cm³/mol. The number of aliphatic carboxylic acids is 1. The van der Waals surface area contributed by atoms with Gasteiger partial charge in [-0.15, -0.1) is 0 Å². The standard InChI is InChI=1S/C16H21NO5.H2/c18-14(19)10-4-2-1-3-7-11-17-15(20)12-8-5-6-9-13(12)16(21)22;/h5-6,8-9H,1-4,7,10-11H2,(H,17,20)(H,18,19)(H,21,22);1H. The van der Waals surface area contributed by atoms with Crippen molar-refractivity contribution >= 4 is 17.8 Å². The normalized spacial score (nSPS) is 10.2. The van der Waals surface area contributed by atoms with Gasteiger partial charge in [-0.05, 0) is 25.0 Å². The maximum Gasteiger partial charge on any atom is 0.336 e. The molecule has 0 aliphatic rings. The summed E-state index contributed by atoms with van der Waals surface area (Å²) < 4.78 is 0. The Balaban J connectivity index is 0.00000484. The number of aromatic carboxylic acids is 1. The van der Waals surface area contributed by atoms with Gasteiger partial charge in [-0.25, -0.2) is 4.79 Å². The largest absolute Gasteiger partial charge is 0.481 e. The highest BCUT2D eigenvalue weighted by Gasteiger charge is 2.14. The van der Waals surface area contributed by atoms with E-state index in [9.17, 15) is 14.4 Å². The smallest absolute Gasteiger partial charge is 0.336 e. The van der Waals surface area contributed by atoms with Crippen molar-refractivity contribution in [1.29, 1.82) is 0 Å². The Bertz CT molecular complexity index is 533. The number of carbonyl (C=O) groups is 3. The number of amides is 1. The van der Waals surface area contributed by atoms with E-state index in [0.717, 1.165) is 25.7 Å². The number of benzene rings is 1. The minimum Gasteiger partial charge on any atom is -0.481 e. The van der Waals surface area contributed by atoms with Crippen LogP contribution in [0.4, 0.5) is 0 Å². The van der Waals surface area contributed by atoms with Gasteiger partial charge in [-0.3, -0.25) is 9.59 Å². The highest BCUT2D eigenvalue weighted by Crippen LogP contribution is 2.09. The molecule has 1 aromatic rings. The molecule has 22 heavy (non-hydrogen) atoms. The maximum atomic E-state index is 11.9. The topological polar surface area (TPSA) is 104 Å². The monoisotopic (exact) mass is 309 g/mol. The Kier molecular flexibility index (Phi) is 7.67. The van der Waals surface area contributed by atoms with Gasteiger partial charge in [-0.1, -0.05) is 31.4 Å². The van der Waals surface area contributed by atoms with Gasteiger partial charge in [0.1, 0.15) is 0 Å². The molecule has 0 radical (unpaired) electrons. The van der Waals surface area contributed by atoms with E-state index in [1.165, 1.54) is 12.1 Å². The zero-order chi connectivity index (χ0) is 16.4. The van der Waals surface area contributed by atoms with Crippen molar-refractivity contribution in [1.82, 2.24) is 5.32 Å². The summed E-state index contributed by atoms with van der Waals surface area (Å²) in [5.41, 5.74) is 0.158. The molecule has 1 amide bonds. The lowest BCUT2D eigenvalue weighted by atomic mass is 10.1. The maximum absolute atomic E-state index is 11.9. The average molecular weight is 309 g/mol. The molecule has 0 aromatic heterocycles. The van der Waals surface area contributed by atoms with Gasteiger partial charge in [-0.2, -0.15) is 0 Å². The highest BCUT2D eigenvalue weighted by atomic mass is 16.4. The van der Waals surface area contributed by atoms with Crippen LogP contribution in [0, 0.1) is 0 Å². The molecule has 0 bridgehead atoms. The van der Waals surface area contributed by atoms with Crippen LogP contribution in [0.5, 0.6) is 0 Å². The zero-order valence-electron chi connectivity index (χ0n) is 12.4. The van der Waals surface area contributed by atoms with Crippen molar-refractivity contribution in [2.45, 2.75) is 38.5 Å². The molecular weight excluding hydrogens is 286 g/mol. The second-order valence-electron chi connectivity index (χ2n) is 5.02. The summed E-state index contributed by atoms with van der Waals surface area (Å²) in [5, 5.41) is 20.2. The van der Waals surface area contributed by atoms with Crippen LogP contribution in [0.1, 0.15) is 60.7 Å². The van der Waals surface area contributed by atoms with E-state index in [1.54, 1.807) is 12.1 Å². The van der Waals surface area contributed by atoms with Crippen LogP contribution < -0.4 is 5.32 Å². The van der Waals surface area contributed by atoms with Crippen molar-refractivity contribution in [3.05, 3.63) is 35.4 Å². The Hall–Kier alpha value is -2.37. The first-order valence-corrected chi connectivity index (χ1v) is 7.34. The summed E-state index contributed by atoms with van der Waals surface area (Å²) in [7, 11) is 0. The third-order valence-electron chi connectivity index (χ3n) is 3.26. The van der Waals surface area contributed by atoms with Crippen molar-refractivity contribution in [2.75, 3.05) is 6.54 Å². The molecule has 6 heteroatoms. The molecule has 1 aromatic carbocycles.